The van der Waals surface area contributed by atoms with Gasteiger partial charge in [-0.05, 0) is 31.0 Å². The number of aromatic nitrogens is 1. The summed E-state index contributed by atoms with van der Waals surface area (Å²) in [7, 11) is 0. The van der Waals surface area contributed by atoms with Crippen LogP contribution < -0.4 is 10.6 Å². The van der Waals surface area contributed by atoms with E-state index in [1.54, 1.807) is 12.1 Å². The van der Waals surface area contributed by atoms with Crippen LogP contribution in [-0.2, 0) is 9.59 Å². The van der Waals surface area contributed by atoms with Crippen molar-refractivity contribution in [3.8, 4) is 0 Å². The number of nitrogens with zero attached hydrogens (tertiary/aromatic N) is 2. The minimum absolute atomic E-state index is 0.101. The zero-order valence-corrected chi connectivity index (χ0v) is 13.0. The van der Waals surface area contributed by atoms with Crippen LogP contribution in [-0.4, -0.2) is 16.8 Å². The minimum Gasteiger partial charge on any atom is -0.399 e. The predicted molar refractivity (Wildman–Crippen MR) is 84.1 cm³/mol. The number of hydrogen-bond donors (Lipinski definition) is 1. The van der Waals surface area contributed by atoms with E-state index < -0.39 is 5.41 Å². The number of imide groups is 1. The van der Waals surface area contributed by atoms with Crippen molar-refractivity contribution in [3.63, 3.8) is 0 Å². The maximum absolute atomic E-state index is 12.7. The summed E-state index contributed by atoms with van der Waals surface area (Å²) in [4.78, 5) is 30.6. The van der Waals surface area contributed by atoms with E-state index in [9.17, 15) is 9.59 Å². The van der Waals surface area contributed by atoms with Crippen molar-refractivity contribution >= 4 is 44.2 Å². The Bertz CT molecular complexity index is 752. The summed E-state index contributed by atoms with van der Waals surface area (Å²) in [5, 5.41) is 0.440. The van der Waals surface area contributed by atoms with Crippen LogP contribution in [0.2, 0.25) is 0 Å². The van der Waals surface area contributed by atoms with Crippen LogP contribution in [0.15, 0.2) is 18.2 Å². The molecule has 1 aliphatic heterocycles. The number of carbonyl (C=O) groups is 2. The molecule has 5 nitrogen and oxygen atoms in total. The van der Waals surface area contributed by atoms with E-state index in [4.69, 9.17) is 5.73 Å². The second-order valence-electron chi connectivity index (χ2n) is 6.01. The topological polar surface area (TPSA) is 76.3 Å². The normalized spacial score (nSPS) is 22.8. The largest absolute Gasteiger partial charge is 0.399 e. The lowest BCUT2D eigenvalue weighted by molar-refractivity contribution is -0.126. The first kappa shape index (κ1) is 14.0. The van der Waals surface area contributed by atoms with Gasteiger partial charge in [0, 0.05) is 12.1 Å². The molecule has 0 spiro atoms. The highest BCUT2D eigenvalue weighted by Crippen LogP contribution is 2.43. The molecule has 0 aliphatic carbocycles. The number of fused-ring (bicyclic) bond motifs is 1. The van der Waals surface area contributed by atoms with Gasteiger partial charge in [0.15, 0.2) is 5.13 Å². The number of anilines is 2. The van der Waals surface area contributed by atoms with Gasteiger partial charge in [0.05, 0.1) is 15.6 Å². The minimum atomic E-state index is -0.645. The number of rotatable bonds is 2. The van der Waals surface area contributed by atoms with Crippen molar-refractivity contribution in [1.82, 2.24) is 4.98 Å². The van der Waals surface area contributed by atoms with Crippen LogP contribution in [0.25, 0.3) is 10.2 Å². The van der Waals surface area contributed by atoms with Gasteiger partial charge in [0.1, 0.15) is 0 Å². The fourth-order valence-corrected chi connectivity index (χ4v) is 3.54. The second kappa shape index (κ2) is 4.53. The molecule has 1 aromatic carbocycles. The van der Waals surface area contributed by atoms with Crippen molar-refractivity contribution in [1.29, 1.82) is 0 Å². The SMILES string of the molecule is CC(C)C1(C)CC(=O)N(c2nc3ccc(N)cc3s2)C1=O. The molecule has 1 atom stereocenters. The Morgan fingerprint density at radius 1 is 1.38 bits per heavy atom. The summed E-state index contributed by atoms with van der Waals surface area (Å²) in [6, 6.07) is 5.37. The Morgan fingerprint density at radius 2 is 2.10 bits per heavy atom. The Labute approximate surface area is 126 Å². The highest BCUT2D eigenvalue weighted by Gasteiger charge is 2.51. The first-order valence-electron chi connectivity index (χ1n) is 6.86. The van der Waals surface area contributed by atoms with Crippen molar-refractivity contribution in [3.05, 3.63) is 18.2 Å². The molecular formula is C15H17N3O2S. The number of hydrogen-bond acceptors (Lipinski definition) is 5. The summed E-state index contributed by atoms with van der Waals surface area (Å²) < 4.78 is 0.878. The van der Waals surface area contributed by atoms with E-state index in [0.29, 0.717) is 10.8 Å². The molecule has 3 rings (SSSR count). The number of thiazole rings is 1. The van der Waals surface area contributed by atoms with Crippen LogP contribution in [0, 0.1) is 11.3 Å². The quantitative estimate of drug-likeness (QED) is 0.683. The maximum atomic E-state index is 12.7. The average Bonchev–Trinajstić information content (AvgIpc) is 2.89. The summed E-state index contributed by atoms with van der Waals surface area (Å²) in [6.45, 7) is 5.78. The molecule has 2 amide bonds. The third kappa shape index (κ3) is 2.01. The highest BCUT2D eigenvalue weighted by molar-refractivity contribution is 7.22. The lowest BCUT2D eigenvalue weighted by atomic mass is 9.78. The Hall–Kier alpha value is -1.95. The van der Waals surface area contributed by atoms with Crippen LogP contribution in [0.5, 0.6) is 0 Å². The van der Waals surface area contributed by atoms with Crippen molar-refractivity contribution in [2.45, 2.75) is 27.2 Å². The zero-order chi connectivity index (χ0) is 15.4. The molecule has 0 radical (unpaired) electrons. The highest BCUT2D eigenvalue weighted by atomic mass is 32.1. The molecule has 110 valence electrons. The van der Waals surface area contributed by atoms with Crippen LogP contribution in [0.4, 0.5) is 10.8 Å². The van der Waals surface area contributed by atoms with Gasteiger partial charge < -0.3 is 5.73 Å². The summed E-state index contributed by atoms with van der Waals surface area (Å²) in [5.74, 6) is -0.235. The Kier molecular flexibility index (Phi) is 3.02. The standard InChI is InChI=1S/C15H17N3O2S/c1-8(2)15(3)7-12(19)18(13(15)20)14-17-10-5-4-9(16)6-11(10)21-14/h4-6,8H,7,16H2,1-3H3. The maximum Gasteiger partial charge on any atom is 0.242 e. The molecule has 0 bridgehead atoms. The first-order valence-corrected chi connectivity index (χ1v) is 7.68. The van der Waals surface area contributed by atoms with Crippen molar-refractivity contribution < 1.29 is 9.59 Å². The molecule has 2 aromatic rings. The second-order valence-corrected chi connectivity index (χ2v) is 7.02. The number of nitrogen functional groups attached to an aromatic ring is 1. The molecule has 21 heavy (non-hydrogen) atoms. The van der Waals surface area contributed by atoms with Crippen LogP contribution in [0.3, 0.4) is 0 Å². The molecule has 2 heterocycles. The van der Waals surface area contributed by atoms with E-state index in [1.165, 1.54) is 16.2 Å². The molecule has 2 N–H and O–H groups in total. The lowest BCUT2D eigenvalue weighted by Gasteiger charge is -2.25. The monoisotopic (exact) mass is 303 g/mol. The van der Waals surface area contributed by atoms with Crippen LogP contribution >= 0.6 is 11.3 Å². The smallest absolute Gasteiger partial charge is 0.242 e. The third-order valence-corrected chi connectivity index (χ3v) is 5.33. The molecule has 1 aliphatic rings. The van der Waals surface area contributed by atoms with Gasteiger partial charge in [-0.2, -0.15) is 0 Å². The van der Waals surface area contributed by atoms with Crippen LogP contribution in [0.1, 0.15) is 27.2 Å². The van der Waals surface area contributed by atoms with Crippen molar-refractivity contribution in [2.75, 3.05) is 10.6 Å². The Morgan fingerprint density at radius 3 is 2.71 bits per heavy atom. The van der Waals surface area contributed by atoms with Gasteiger partial charge in [-0.3, -0.25) is 9.59 Å². The summed E-state index contributed by atoms with van der Waals surface area (Å²) in [5.41, 5.74) is 6.51. The van der Waals surface area contributed by atoms with E-state index in [-0.39, 0.29) is 24.2 Å². The molecule has 0 saturated carbocycles. The van der Waals surface area contributed by atoms with E-state index in [0.717, 1.165) is 10.2 Å². The third-order valence-electron chi connectivity index (χ3n) is 4.33. The summed E-state index contributed by atoms with van der Waals surface area (Å²) in [6.07, 6.45) is 0.238. The number of benzene rings is 1. The number of carbonyl (C=O) groups excluding carboxylic acids is 2. The predicted octanol–water partition coefficient (Wildman–Crippen LogP) is 2.80. The van der Waals surface area contributed by atoms with Gasteiger partial charge in [-0.15, -0.1) is 0 Å². The molecular weight excluding hydrogens is 286 g/mol. The number of nitrogens with two attached hydrogens (primary N) is 1. The fraction of sp³-hybridized carbons (Fsp3) is 0.400. The zero-order valence-electron chi connectivity index (χ0n) is 12.2. The van der Waals surface area contributed by atoms with Gasteiger partial charge in [0.2, 0.25) is 11.8 Å². The average molecular weight is 303 g/mol. The van der Waals surface area contributed by atoms with E-state index in [1.807, 2.05) is 26.8 Å². The van der Waals surface area contributed by atoms with Crippen molar-refractivity contribution in [2.24, 2.45) is 11.3 Å². The molecule has 6 heteroatoms. The lowest BCUT2D eigenvalue weighted by Crippen LogP contribution is -2.36. The number of amides is 2. The molecule has 1 saturated heterocycles. The molecule has 1 unspecified atom stereocenters. The van der Waals surface area contributed by atoms with Gasteiger partial charge in [0.25, 0.3) is 0 Å². The van der Waals surface area contributed by atoms with E-state index >= 15 is 0 Å². The first-order chi connectivity index (χ1) is 9.83. The van der Waals surface area contributed by atoms with Gasteiger partial charge in [-0.1, -0.05) is 25.2 Å². The Balaban J connectivity index is 2.06. The molecule has 1 fully saturated rings. The molecule has 1 aromatic heterocycles. The fourth-order valence-electron chi connectivity index (χ4n) is 2.51. The van der Waals surface area contributed by atoms with E-state index in [2.05, 4.69) is 4.98 Å². The van der Waals surface area contributed by atoms with Gasteiger partial charge in [-0.25, -0.2) is 9.88 Å². The van der Waals surface area contributed by atoms with Gasteiger partial charge >= 0.3 is 0 Å². The summed E-state index contributed by atoms with van der Waals surface area (Å²) >= 11 is 1.32.